The van der Waals surface area contributed by atoms with E-state index in [1.165, 1.54) is 0 Å². The Labute approximate surface area is 210 Å². The highest BCUT2D eigenvalue weighted by molar-refractivity contribution is 7.22. The molecular weight excluding hydrogens is 466 g/mol. The molecule has 0 radical (unpaired) electrons. The molecule has 34 heavy (non-hydrogen) atoms. The Balaban J connectivity index is 0.00000274. The standard InChI is InChI=1S/C27H29N3O2S.ClH/c1-20-7-4-12-24-26(20)28-27(33-24)30(14-6-13-29-15-17-32-18-16-29)25(31)19-22-10-5-9-21-8-2-3-11-23(21)22;/h2-5,7-12H,6,13-19H2,1H3;1H. The van der Waals surface area contributed by atoms with E-state index in [0.29, 0.717) is 13.0 Å². The predicted molar refractivity (Wildman–Crippen MR) is 143 cm³/mol. The van der Waals surface area contributed by atoms with Crippen molar-refractivity contribution in [2.24, 2.45) is 0 Å². The van der Waals surface area contributed by atoms with Crippen LogP contribution in [0.2, 0.25) is 0 Å². The zero-order chi connectivity index (χ0) is 22.6. The van der Waals surface area contributed by atoms with Crippen LogP contribution in [0.15, 0.2) is 60.7 Å². The fourth-order valence-electron chi connectivity index (χ4n) is 4.50. The molecule has 4 aromatic rings. The lowest BCUT2D eigenvalue weighted by atomic mass is 10.0. The zero-order valence-electron chi connectivity index (χ0n) is 19.4. The minimum absolute atomic E-state index is 0. The summed E-state index contributed by atoms with van der Waals surface area (Å²) in [6, 6.07) is 20.7. The molecule has 1 fully saturated rings. The number of morpholine rings is 1. The van der Waals surface area contributed by atoms with Crippen molar-refractivity contribution in [2.75, 3.05) is 44.3 Å². The second-order valence-corrected chi connectivity index (χ2v) is 9.60. The molecule has 0 atom stereocenters. The van der Waals surface area contributed by atoms with Gasteiger partial charge < -0.3 is 4.74 Å². The molecule has 178 valence electrons. The molecule has 3 aromatic carbocycles. The van der Waals surface area contributed by atoms with Crippen molar-refractivity contribution in [3.63, 3.8) is 0 Å². The summed E-state index contributed by atoms with van der Waals surface area (Å²) in [7, 11) is 0. The van der Waals surface area contributed by atoms with E-state index in [1.807, 2.05) is 23.1 Å². The molecule has 0 unspecified atom stereocenters. The number of rotatable bonds is 7. The Morgan fingerprint density at radius 1 is 1.06 bits per heavy atom. The molecule has 2 heterocycles. The minimum Gasteiger partial charge on any atom is -0.379 e. The molecular formula is C27H30ClN3O2S. The third kappa shape index (κ3) is 5.41. The number of amides is 1. The van der Waals surface area contributed by atoms with Crippen LogP contribution < -0.4 is 4.90 Å². The first-order chi connectivity index (χ1) is 16.2. The molecule has 7 heteroatoms. The van der Waals surface area contributed by atoms with E-state index in [2.05, 4.69) is 54.3 Å². The number of aromatic nitrogens is 1. The van der Waals surface area contributed by atoms with Crippen molar-refractivity contribution < 1.29 is 9.53 Å². The molecule has 0 aliphatic carbocycles. The van der Waals surface area contributed by atoms with Crippen LogP contribution in [0, 0.1) is 6.92 Å². The number of anilines is 1. The van der Waals surface area contributed by atoms with Crippen LogP contribution in [0.4, 0.5) is 5.13 Å². The summed E-state index contributed by atoms with van der Waals surface area (Å²) in [4.78, 5) is 22.9. The number of carbonyl (C=O) groups is 1. The van der Waals surface area contributed by atoms with Crippen LogP contribution in [-0.4, -0.2) is 55.2 Å². The van der Waals surface area contributed by atoms with Crippen molar-refractivity contribution in [1.82, 2.24) is 9.88 Å². The van der Waals surface area contributed by atoms with Gasteiger partial charge in [0.2, 0.25) is 5.91 Å². The first kappa shape index (κ1) is 24.6. The number of carbonyl (C=O) groups excluding carboxylic acids is 1. The molecule has 1 amide bonds. The van der Waals surface area contributed by atoms with E-state index in [-0.39, 0.29) is 18.3 Å². The quantitative estimate of drug-likeness (QED) is 0.340. The number of hydrogen-bond donors (Lipinski definition) is 0. The number of halogens is 1. The molecule has 5 rings (SSSR count). The van der Waals surface area contributed by atoms with Crippen LogP contribution in [0.1, 0.15) is 17.5 Å². The lowest BCUT2D eigenvalue weighted by Crippen LogP contribution is -2.39. The number of ether oxygens (including phenoxy) is 1. The molecule has 0 spiro atoms. The van der Waals surface area contributed by atoms with Crippen LogP contribution in [0.5, 0.6) is 0 Å². The van der Waals surface area contributed by atoms with Gasteiger partial charge in [-0.1, -0.05) is 65.9 Å². The van der Waals surface area contributed by atoms with Gasteiger partial charge in [-0.05, 0) is 41.3 Å². The van der Waals surface area contributed by atoms with Gasteiger partial charge in [0, 0.05) is 26.2 Å². The summed E-state index contributed by atoms with van der Waals surface area (Å²) in [5, 5.41) is 3.10. The van der Waals surface area contributed by atoms with Gasteiger partial charge in [-0.3, -0.25) is 14.6 Å². The van der Waals surface area contributed by atoms with E-state index >= 15 is 0 Å². The second kappa shape index (κ2) is 11.3. The Bertz CT molecular complexity index is 1260. The average molecular weight is 496 g/mol. The van der Waals surface area contributed by atoms with E-state index < -0.39 is 0 Å². The summed E-state index contributed by atoms with van der Waals surface area (Å²) in [6.45, 7) is 7.22. The van der Waals surface area contributed by atoms with E-state index in [1.54, 1.807) is 11.3 Å². The van der Waals surface area contributed by atoms with Gasteiger partial charge in [-0.15, -0.1) is 12.4 Å². The van der Waals surface area contributed by atoms with E-state index in [9.17, 15) is 4.79 Å². The Morgan fingerprint density at radius 3 is 2.65 bits per heavy atom. The highest BCUT2D eigenvalue weighted by atomic mass is 35.5. The van der Waals surface area contributed by atoms with Crippen LogP contribution in [0.25, 0.3) is 21.0 Å². The maximum Gasteiger partial charge on any atom is 0.233 e. The molecule has 5 nitrogen and oxygen atoms in total. The van der Waals surface area contributed by atoms with Crippen molar-refractivity contribution in [2.45, 2.75) is 19.8 Å². The summed E-state index contributed by atoms with van der Waals surface area (Å²) in [5.41, 5.74) is 3.20. The first-order valence-electron chi connectivity index (χ1n) is 11.6. The van der Waals surface area contributed by atoms with E-state index in [4.69, 9.17) is 9.72 Å². The molecule has 1 aromatic heterocycles. The van der Waals surface area contributed by atoms with Crippen LogP contribution in [-0.2, 0) is 16.0 Å². The lowest BCUT2D eigenvalue weighted by molar-refractivity contribution is -0.118. The Kier molecular flexibility index (Phi) is 8.16. The number of para-hydroxylation sites is 1. The lowest BCUT2D eigenvalue weighted by Gasteiger charge is -2.27. The fraction of sp³-hybridized carbons (Fsp3) is 0.333. The molecule has 0 N–H and O–H groups in total. The smallest absolute Gasteiger partial charge is 0.233 e. The summed E-state index contributed by atoms with van der Waals surface area (Å²) >= 11 is 1.61. The minimum atomic E-state index is 0. The molecule has 1 aliphatic heterocycles. The predicted octanol–water partition coefficient (Wildman–Crippen LogP) is 5.48. The zero-order valence-corrected chi connectivity index (χ0v) is 21.0. The number of thiazole rings is 1. The average Bonchev–Trinajstić information content (AvgIpc) is 3.28. The normalized spacial score (nSPS) is 14.3. The van der Waals surface area contributed by atoms with Gasteiger partial charge in [-0.25, -0.2) is 4.98 Å². The number of aryl methyl sites for hydroxylation is 1. The highest BCUT2D eigenvalue weighted by Crippen LogP contribution is 2.31. The Hall–Kier alpha value is -2.51. The highest BCUT2D eigenvalue weighted by Gasteiger charge is 2.22. The van der Waals surface area contributed by atoms with Gasteiger partial charge in [-0.2, -0.15) is 0 Å². The monoisotopic (exact) mass is 495 g/mol. The van der Waals surface area contributed by atoms with Crippen molar-refractivity contribution in [3.8, 4) is 0 Å². The number of benzene rings is 3. The summed E-state index contributed by atoms with van der Waals surface area (Å²) < 4.78 is 6.59. The summed E-state index contributed by atoms with van der Waals surface area (Å²) in [5.74, 6) is 0.102. The molecule has 1 saturated heterocycles. The van der Waals surface area contributed by atoms with Gasteiger partial charge >= 0.3 is 0 Å². The number of fused-ring (bicyclic) bond motifs is 2. The van der Waals surface area contributed by atoms with Gasteiger partial charge in [0.05, 0.1) is 29.9 Å². The fourth-order valence-corrected chi connectivity index (χ4v) is 5.59. The maximum atomic E-state index is 13.7. The van der Waals surface area contributed by atoms with Crippen molar-refractivity contribution >= 4 is 55.8 Å². The molecule has 1 aliphatic rings. The largest absolute Gasteiger partial charge is 0.379 e. The van der Waals surface area contributed by atoms with Gasteiger partial charge in [0.15, 0.2) is 5.13 Å². The number of hydrogen-bond acceptors (Lipinski definition) is 5. The van der Waals surface area contributed by atoms with E-state index in [0.717, 1.165) is 76.5 Å². The van der Waals surface area contributed by atoms with Crippen LogP contribution in [0.3, 0.4) is 0 Å². The SMILES string of the molecule is Cc1cccc2sc(N(CCCN3CCOCC3)C(=O)Cc3cccc4ccccc34)nc12.Cl. The summed E-state index contributed by atoms with van der Waals surface area (Å²) in [6.07, 6.45) is 1.28. The molecule has 0 bridgehead atoms. The topological polar surface area (TPSA) is 45.7 Å². The molecule has 0 saturated carbocycles. The maximum absolute atomic E-state index is 13.7. The number of nitrogens with zero attached hydrogens (tertiary/aromatic N) is 3. The third-order valence-electron chi connectivity index (χ3n) is 6.32. The second-order valence-electron chi connectivity index (χ2n) is 8.59. The van der Waals surface area contributed by atoms with Crippen LogP contribution >= 0.6 is 23.7 Å². The van der Waals surface area contributed by atoms with Crippen molar-refractivity contribution in [3.05, 3.63) is 71.8 Å². The third-order valence-corrected chi connectivity index (χ3v) is 7.37. The van der Waals surface area contributed by atoms with Gasteiger partial charge in [0.25, 0.3) is 0 Å². The van der Waals surface area contributed by atoms with Crippen molar-refractivity contribution in [1.29, 1.82) is 0 Å². The Morgan fingerprint density at radius 2 is 1.82 bits per heavy atom. The first-order valence-corrected chi connectivity index (χ1v) is 12.4. The van der Waals surface area contributed by atoms with Gasteiger partial charge in [0.1, 0.15) is 0 Å².